The number of thiazole rings is 1. The Labute approximate surface area is 117 Å². The molecule has 1 saturated carbocycles. The second-order valence-corrected chi connectivity index (χ2v) is 6.91. The number of benzene rings is 1. The van der Waals surface area contributed by atoms with Gasteiger partial charge < -0.3 is 10.6 Å². The lowest BCUT2D eigenvalue weighted by molar-refractivity contribution is 0.135. The van der Waals surface area contributed by atoms with Crippen molar-refractivity contribution in [3.05, 3.63) is 24.3 Å². The Bertz CT molecular complexity index is 555. The van der Waals surface area contributed by atoms with Crippen LogP contribution in [0, 0.1) is 0 Å². The topological polar surface area (TPSA) is 37.0 Å². The maximum atomic E-state index is 4.69. The number of hydrogen-bond acceptors (Lipinski definition) is 4. The maximum absolute atomic E-state index is 4.69. The molecule has 2 N–H and O–H groups in total. The average molecular weight is 273 g/mol. The highest BCUT2D eigenvalue weighted by Gasteiger charge is 2.40. The molecule has 1 unspecified atom stereocenters. The normalized spacial score (nSPS) is 25.4. The summed E-state index contributed by atoms with van der Waals surface area (Å²) in [6.45, 7) is 1.14. The molecule has 19 heavy (non-hydrogen) atoms. The molecule has 1 aromatic carbocycles. The first-order valence-corrected chi connectivity index (χ1v) is 8.02. The third kappa shape index (κ3) is 2.13. The summed E-state index contributed by atoms with van der Waals surface area (Å²) in [6.07, 6.45) is 6.55. The number of para-hydroxylation sites is 1. The van der Waals surface area contributed by atoms with Gasteiger partial charge in [0.15, 0.2) is 5.13 Å². The molecule has 0 amide bonds. The van der Waals surface area contributed by atoms with E-state index < -0.39 is 0 Å². The molecule has 1 aromatic heterocycles. The Morgan fingerprint density at radius 2 is 2.21 bits per heavy atom. The molecule has 0 radical (unpaired) electrons. The molecule has 2 fully saturated rings. The molecule has 4 rings (SSSR count). The van der Waals surface area contributed by atoms with Gasteiger partial charge in [-0.25, -0.2) is 4.98 Å². The first-order valence-electron chi connectivity index (χ1n) is 7.20. The molecule has 2 heterocycles. The van der Waals surface area contributed by atoms with Gasteiger partial charge in [-0.05, 0) is 50.8 Å². The van der Waals surface area contributed by atoms with Crippen molar-refractivity contribution in [3.8, 4) is 0 Å². The molecule has 1 spiro atoms. The lowest BCUT2D eigenvalue weighted by atomic mass is 9.70. The van der Waals surface area contributed by atoms with Crippen molar-refractivity contribution in [2.24, 2.45) is 0 Å². The Morgan fingerprint density at radius 3 is 3.00 bits per heavy atom. The second-order valence-electron chi connectivity index (χ2n) is 5.88. The number of nitrogens with zero attached hydrogens (tertiary/aromatic N) is 1. The first kappa shape index (κ1) is 11.7. The number of fused-ring (bicyclic) bond motifs is 1. The van der Waals surface area contributed by atoms with Gasteiger partial charge in [-0.2, -0.15) is 0 Å². The van der Waals surface area contributed by atoms with Gasteiger partial charge in [0.1, 0.15) is 0 Å². The zero-order valence-electron chi connectivity index (χ0n) is 11.0. The van der Waals surface area contributed by atoms with Gasteiger partial charge in [-0.1, -0.05) is 23.5 Å². The summed E-state index contributed by atoms with van der Waals surface area (Å²) in [5, 5.41) is 8.46. The summed E-state index contributed by atoms with van der Waals surface area (Å²) >= 11 is 1.77. The lowest BCUT2D eigenvalue weighted by Gasteiger charge is -2.48. The fourth-order valence-electron chi connectivity index (χ4n) is 3.37. The summed E-state index contributed by atoms with van der Waals surface area (Å²) in [7, 11) is 0. The summed E-state index contributed by atoms with van der Waals surface area (Å²) in [4.78, 5) is 4.69. The van der Waals surface area contributed by atoms with E-state index in [4.69, 9.17) is 0 Å². The van der Waals surface area contributed by atoms with Crippen LogP contribution in [0.4, 0.5) is 5.13 Å². The Hall–Kier alpha value is -1.13. The van der Waals surface area contributed by atoms with E-state index in [0.717, 1.165) is 17.2 Å². The average Bonchev–Trinajstić information content (AvgIpc) is 2.79. The quantitative estimate of drug-likeness (QED) is 0.880. The van der Waals surface area contributed by atoms with Gasteiger partial charge in [0, 0.05) is 11.6 Å². The van der Waals surface area contributed by atoms with Crippen molar-refractivity contribution in [2.75, 3.05) is 11.9 Å². The van der Waals surface area contributed by atoms with Gasteiger partial charge in [-0.15, -0.1) is 0 Å². The molecule has 1 saturated heterocycles. The van der Waals surface area contributed by atoms with Crippen LogP contribution in [-0.2, 0) is 0 Å². The molecule has 2 aliphatic rings. The van der Waals surface area contributed by atoms with Crippen LogP contribution in [-0.4, -0.2) is 23.1 Å². The number of hydrogen-bond donors (Lipinski definition) is 2. The van der Waals surface area contributed by atoms with Crippen LogP contribution >= 0.6 is 11.3 Å². The minimum atomic E-state index is 0.451. The van der Waals surface area contributed by atoms with Crippen molar-refractivity contribution in [1.82, 2.24) is 10.3 Å². The largest absolute Gasteiger partial charge is 0.359 e. The van der Waals surface area contributed by atoms with E-state index in [9.17, 15) is 0 Å². The van der Waals surface area contributed by atoms with Crippen molar-refractivity contribution in [3.63, 3.8) is 0 Å². The van der Waals surface area contributed by atoms with E-state index in [-0.39, 0.29) is 0 Å². The predicted octanol–water partition coefficient (Wildman–Crippen LogP) is 3.38. The Morgan fingerprint density at radius 1 is 1.32 bits per heavy atom. The van der Waals surface area contributed by atoms with Crippen LogP contribution in [0.15, 0.2) is 24.3 Å². The van der Waals surface area contributed by atoms with E-state index in [1.54, 1.807) is 11.3 Å². The third-order valence-corrected chi connectivity index (χ3v) is 5.53. The van der Waals surface area contributed by atoms with Gasteiger partial charge in [0.25, 0.3) is 0 Å². The number of aromatic nitrogens is 1. The fourth-order valence-corrected chi connectivity index (χ4v) is 4.32. The van der Waals surface area contributed by atoms with Crippen LogP contribution in [0.5, 0.6) is 0 Å². The molecular formula is C15H19N3S. The molecule has 1 aliphatic heterocycles. The number of nitrogens with one attached hydrogen (secondary N) is 2. The van der Waals surface area contributed by atoms with Gasteiger partial charge >= 0.3 is 0 Å². The minimum Gasteiger partial charge on any atom is -0.359 e. The van der Waals surface area contributed by atoms with Gasteiger partial charge in [0.2, 0.25) is 0 Å². The molecule has 2 aromatic rings. The number of anilines is 1. The molecule has 100 valence electrons. The molecule has 1 aliphatic carbocycles. The SMILES string of the molecule is c1ccc2sc(NC3CCNC4(CCC4)C3)nc2c1. The predicted molar refractivity (Wildman–Crippen MR) is 80.8 cm³/mol. The van der Waals surface area contributed by atoms with Crippen LogP contribution in [0.1, 0.15) is 32.1 Å². The van der Waals surface area contributed by atoms with E-state index in [2.05, 4.69) is 39.9 Å². The fraction of sp³-hybridized carbons (Fsp3) is 0.533. The van der Waals surface area contributed by atoms with E-state index in [1.165, 1.54) is 36.8 Å². The van der Waals surface area contributed by atoms with Crippen molar-refractivity contribution >= 4 is 26.7 Å². The minimum absolute atomic E-state index is 0.451. The highest BCUT2D eigenvalue weighted by atomic mass is 32.1. The molecule has 4 heteroatoms. The summed E-state index contributed by atoms with van der Waals surface area (Å²) in [6, 6.07) is 8.96. The van der Waals surface area contributed by atoms with Crippen LogP contribution in [0.2, 0.25) is 0 Å². The van der Waals surface area contributed by atoms with Crippen molar-refractivity contribution in [1.29, 1.82) is 0 Å². The molecule has 0 bridgehead atoms. The van der Waals surface area contributed by atoms with E-state index in [0.29, 0.717) is 11.6 Å². The number of piperidine rings is 1. The Balaban J connectivity index is 1.51. The van der Waals surface area contributed by atoms with E-state index in [1.807, 2.05) is 0 Å². The molecule has 1 atom stereocenters. The van der Waals surface area contributed by atoms with Gasteiger partial charge in [0.05, 0.1) is 10.2 Å². The molecule has 3 nitrogen and oxygen atoms in total. The highest BCUT2D eigenvalue weighted by Crippen LogP contribution is 2.39. The monoisotopic (exact) mass is 273 g/mol. The van der Waals surface area contributed by atoms with Crippen molar-refractivity contribution in [2.45, 2.75) is 43.7 Å². The van der Waals surface area contributed by atoms with Crippen molar-refractivity contribution < 1.29 is 0 Å². The van der Waals surface area contributed by atoms with E-state index >= 15 is 0 Å². The third-order valence-electron chi connectivity index (χ3n) is 4.56. The summed E-state index contributed by atoms with van der Waals surface area (Å²) < 4.78 is 1.28. The smallest absolute Gasteiger partial charge is 0.184 e. The maximum Gasteiger partial charge on any atom is 0.184 e. The van der Waals surface area contributed by atoms with Crippen LogP contribution in [0.25, 0.3) is 10.2 Å². The lowest BCUT2D eigenvalue weighted by Crippen LogP contribution is -2.58. The number of rotatable bonds is 2. The summed E-state index contributed by atoms with van der Waals surface area (Å²) in [5.41, 5.74) is 1.56. The Kier molecular flexibility index (Phi) is 2.74. The zero-order valence-corrected chi connectivity index (χ0v) is 11.8. The molecular weight excluding hydrogens is 254 g/mol. The highest BCUT2D eigenvalue weighted by molar-refractivity contribution is 7.22. The van der Waals surface area contributed by atoms with Gasteiger partial charge in [-0.3, -0.25) is 0 Å². The zero-order chi connectivity index (χ0) is 12.7. The second kappa shape index (κ2) is 4.46. The summed E-state index contributed by atoms with van der Waals surface area (Å²) in [5.74, 6) is 0. The first-order chi connectivity index (χ1) is 9.33. The van der Waals surface area contributed by atoms with Crippen LogP contribution < -0.4 is 10.6 Å². The van der Waals surface area contributed by atoms with Crippen LogP contribution in [0.3, 0.4) is 0 Å². The standard InChI is InChI=1S/C15H19N3S/c1-2-5-13-12(4-1)18-14(19-13)17-11-6-9-16-15(10-11)7-3-8-15/h1-2,4-5,11,16H,3,6-10H2,(H,17,18).